The summed E-state index contributed by atoms with van der Waals surface area (Å²) in [5, 5.41) is 2.59. The molecule has 0 aromatic heterocycles. The molecule has 0 fully saturated rings. The summed E-state index contributed by atoms with van der Waals surface area (Å²) in [6.45, 7) is 2.07. The van der Waals surface area contributed by atoms with Gasteiger partial charge in [-0.05, 0) is 11.2 Å². The molecule has 0 heterocycles. The van der Waals surface area contributed by atoms with Gasteiger partial charge in [-0.15, -0.1) is 23.4 Å². The van der Waals surface area contributed by atoms with Crippen molar-refractivity contribution < 1.29 is 0 Å². The van der Waals surface area contributed by atoms with Gasteiger partial charge in [-0.1, -0.05) is 18.5 Å². The molecule has 0 atom stereocenters. The first kappa shape index (κ1) is 8.67. The summed E-state index contributed by atoms with van der Waals surface area (Å²) < 4.78 is 0. The van der Waals surface area contributed by atoms with Crippen LogP contribution < -0.4 is 0 Å². The van der Waals surface area contributed by atoms with Crippen molar-refractivity contribution in [3.8, 4) is 0 Å². The van der Waals surface area contributed by atoms with E-state index in [9.17, 15) is 0 Å². The van der Waals surface area contributed by atoms with E-state index >= 15 is 0 Å². The lowest BCUT2D eigenvalue weighted by Crippen LogP contribution is -1.68. The third-order valence-electron chi connectivity index (χ3n) is 0.506. The fourth-order valence-electron chi connectivity index (χ4n) is 0.205. The van der Waals surface area contributed by atoms with Gasteiger partial charge in [0.05, 0.1) is 5.88 Å². The van der Waals surface area contributed by atoms with E-state index in [0.29, 0.717) is 5.88 Å². The van der Waals surface area contributed by atoms with Crippen LogP contribution in [0, 0.1) is 0 Å². The Morgan fingerprint density at radius 3 is 2.75 bits per heavy atom. The molecule has 0 aromatic carbocycles. The molecule has 0 saturated carbocycles. The van der Waals surface area contributed by atoms with E-state index in [1.807, 2.05) is 5.41 Å². The molecular formula is C5H8Cl2S. The van der Waals surface area contributed by atoms with E-state index < -0.39 is 0 Å². The molecule has 0 nitrogen and oxygen atoms in total. The standard InChI is InChI=1S/C5H8Cl2S/c1-2-8-4-5(7)3-6/h4H,2-3H2,1H3/b5-4-. The summed E-state index contributed by atoms with van der Waals surface area (Å²) >= 11 is 12.6. The molecule has 0 aliphatic carbocycles. The minimum absolute atomic E-state index is 0.425. The fourth-order valence-corrected chi connectivity index (χ4v) is 0.994. The quantitative estimate of drug-likeness (QED) is 0.588. The van der Waals surface area contributed by atoms with Crippen LogP contribution in [0.5, 0.6) is 0 Å². The first-order chi connectivity index (χ1) is 3.81. The predicted octanol–water partition coefficient (Wildman–Crippen LogP) is 3.06. The van der Waals surface area contributed by atoms with E-state index in [0.717, 1.165) is 10.8 Å². The van der Waals surface area contributed by atoms with Crippen LogP contribution in [0.3, 0.4) is 0 Å². The lowest BCUT2D eigenvalue weighted by Gasteiger charge is -1.87. The lowest BCUT2D eigenvalue weighted by atomic mass is 10.7. The smallest absolute Gasteiger partial charge is 0.0587 e. The van der Waals surface area contributed by atoms with Crippen molar-refractivity contribution in [2.24, 2.45) is 0 Å². The van der Waals surface area contributed by atoms with Gasteiger partial charge in [-0.2, -0.15) is 0 Å². The molecule has 0 aromatic rings. The number of rotatable bonds is 3. The van der Waals surface area contributed by atoms with Crippen LogP contribution in [0.1, 0.15) is 6.92 Å². The van der Waals surface area contributed by atoms with Crippen molar-refractivity contribution in [1.82, 2.24) is 0 Å². The van der Waals surface area contributed by atoms with Crippen molar-refractivity contribution in [2.75, 3.05) is 11.6 Å². The second-order valence-corrected chi connectivity index (χ2v) is 3.05. The Morgan fingerprint density at radius 2 is 2.38 bits per heavy atom. The minimum Gasteiger partial charge on any atom is -0.133 e. The Labute approximate surface area is 64.2 Å². The molecule has 0 N–H and O–H groups in total. The van der Waals surface area contributed by atoms with E-state index in [4.69, 9.17) is 23.2 Å². The van der Waals surface area contributed by atoms with Crippen LogP contribution in [-0.4, -0.2) is 11.6 Å². The number of halogens is 2. The SMILES string of the molecule is CCS/C=C(\Cl)CCl. The van der Waals surface area contributed by atoms with Crippen LogP contribution in [-0.2, 0) is 0 Å². The average Bonchev–Trinajstić information content (AvgIpc) is 1.83. The first-order valence-electron chi connectivity index (χ1n) is 2.33. The van der Waals surface area contributed by atoms with Gasteiger partial charge in [0.25, 0.3) is 0 Å². The number of hydrogen-bond acceptors (Lipinski definition) is 1. The molecule has 8 heavy (non-hydrogen) atoms. The van der Waals surface area contributed by atoms with Crippen LogP contribution in [0.15, 0.2) is 10.4 Å². The van der Waals surface area contributed by atoms with Gasteiger partial charge in [0.2, 0.25) is 0 Å². The third-order valence-corrected chi connectivity index (χ3v) is 2.09. The maximum atomic E-state index is 5.55. The molecule has 0 aliphatic rings. The van der Waals surface area contributed by atoms with Crippen molar-refractivity contribution in [2.45, 2.75) is 6.92 Å². The molecule has 0 radical (unpaired) electrons. The third kappa shape index (κ3) is 4.82. The zero-order valence-corrected chi connectivity index (χ0v) is 6.98. The number of thioether (sulfide) groups is 1. The average molecular weight is 171 g/mol. The Bertz CT molecular complexity index is 80.5. The van der Waals surface area contributed by atoms with Crippen LogP contribution in [0.4, 0.5) is 0 Å². The number of alkyl halides is 1. The van der Waals surface area contributed by atoms with Gasteiger partial charge in [0.15, 0.2) is 0 Å². The van der Waals surface area contributed by atoms with Crippen molar-refractivity contribution in [1.29, 1.82) is 0 Å². The highest BCUT2D eigenvalue weighted by atomic mass is 35.5. The zero-order chi connectivity index (χ0) is 6.41. The second kappa shape index (κ2) is 5.80. The van der Waals surface area contributed by atoms with E-state index in [2.05, 4.69) is 6.92 Å². The predicted molar refractivity (Wildman–Crippen MR) is 42.8 cm³/mol. The monoisotopic (exact) mass is 170 g/mol. The number of hydrogen-bond donors (Lipinski definition) is 0. The summed E-state index contributed by atoms with van der Waals surface area (Å²) in [4.78, 5) is 0. The summed E-state index contributed by atoms with van der Waals surface area (Å²) in [6.07, 6.45) is 0. The van der Waals surface area contributed by atoms with Gasteiger partial charge in [0.1, 0.15) is 0 Å². The van der Waals surface area contributed by atoms with E-state index in [-0.39, 0.29) is 0 Å². The van der Waals surface area contributed by atoms with Gasteiger partial charge >= 0.3 is 0 Å². The number of allylic oxidation sites excluding steroid dienone is 1. The molecule has 0 spiro atoms. The Hall–Kier alpha value is 0.670. The van der Waals surface area contributed by atoms with Crippen molar-refractivity contribution in [3.05, 3.63) is 10.4 Å². The Morgan fingerprint density at radius 1 is 1.75 bits per heavy atom. The molecule has 0 saturated heterocycles. The summed E-state index contributed by atoms with van der Waals surface area (Å²) in [5.74, 6) is 1.47. The topological polar surface area (TPSA) is 0 Å². The maximum absolute atomic E-state index is 5.55. The largest absolute Gasteiger partial charge is 0.133 e. The molecule has 0 unspecified atom stereocenters. The second-order valence-electron chi connectivity index (χ2n) is 1.15. The molecular weight excluding hydrogens is 163 g/mol. The van der Waals surface area contributed by atoms with Gasteiger partial charge < -0.3 is 0 Å². The summed E-state index contributed by atoms with van der Waals surface area (Å²) in [7, 11) is 0. The van der Waals surface area contributed by atoms with Gasteiger partial charge in [0, 0.05) is 5.03 Å². The van der Waals surface area contributed by atoms with Crippen LogP contribution in [0.25, 0.3) is 0 Å². The minimum atomic E-state index is 0.425. The van der Waals surface area contributed by atoms with Crippen molar-refractivity contribution in [3.63, 3.8) is 0 Å². The molecule has 0 aliphatic heterocycles. The molecule has 0 bridgehead atoms. The Balaban J connectivity index is 3.26. The van der Waals surface area contributed by atoms with E-state index in [1.165, 1.54) is 0 Å². The Kier molecular flexibility index (Phi) is 6.29. The highest BCUT2D eigenvalue weighted by Gasteiger charge is 1.84. The van der Waals surface area contributed by atoms with Gasteiger partial charge in [-0.25, -0.2) is 0 Å². The molecule has 0 rings (SSSR count). The normalized spacial score (nSPS) is 12.1. The first-order valence-corrected chi connectivity index (χ1v) is 4.29. The molecule has 3 heteroatoms. The van der Waals surface area contributed by atoms with Crippen LogP contribution in [0.2, 0.25) is 0 Å². The molecule has 0 amide bonds. The summed E-state index contributed by atoms with van der Waals surface area (Å²) in [5.41, 5.74) is 0. The highest BCUT2D eigenvalue weighted by molar-refractivity contribution is 8.02. The zero-order valence-electron chi connectivity index (χ0n) is 4.66. The fraction of sp³-hybridized carbons (Fsp3) is 0.600. The van der Waals surface area contributed by atoms with Crippen LogP contribution >= 0.6 is 35.0 Å². The highest BCUT2D eigenvalue weighted by Crippen LogP contribution is 2.10. The van der Waals surface area contributed by atoms with E-state index in [1.54, 1.807) is 11.8 Å². The molecule has 48 valence electrons. The van der Waals surface area contributed by atoms with Gasteiger partial charge in [-0.3, -0.25) is 0 Å². The lowest BCUT2D eigenvalue weighted by molar-refractivity contribution is 1.53. The van der Waals surface area contributed by atoms with Crippen molar-refractivity contribution >= 4 is 35.0 Å². The summed E-state index contributed by atoms with van der Waals surface area (Å²) in [6, 6.07) is 0. The maximum Gasteiger partial charge on any atom is 0.0587 e.